The summed E-state index contributed by atoms with van der Waals surface area (Å²) in [5, 5.41) is 11.2. The molecule has 0 atom stereocenters. The third kappa shape index (κ3) is 5.48. The van der Waals surface area contributed by atoms with Crippen molar-refractivity contribution in [1.29, 1.82) is 0 Å². The van der Waals surface area contributed by atoms with Crippen LogP contribution in [-0.2, 0) is 21.6 Å². The predicted octanol–water partition coefficient (Wildman–Crippen LogP) is 6.50. The van der Waals surface area contributed by atoms with E-state index in [2.05, 4.69) is 39.5 Å². The van der Waals surface area contributed by atoms with Gasteiger partial charge in [-0.05, 0) is 29.3 Å². The molecular formula is C29H35NO5S. The molecule has 1 saturated heterocycles. The minimum atomic E-state index is -0.944. The molecule has 36 heavy (non-hydrogen) atoms. The Morgan fingerprint density at radius 2 is 1.97 bits per heavy atom. The number of hydrogen-bond acceptors (Lipinski definition) is 5. The molecule has 0 aliphatic carbocycles. The first-order valence-corrected chi connectivity index (χ1v) is 13.0. The highest BCUT2D eigenvalue weighted by atomic mass is 32.2. The third-order valence-electron chi connectivity index (χ3n) is 6.45. The smallest absolute Gasteiger partial charge is 0.353 e. The number of hydrogen-bond donors (Lipinski definition) is 1. The number of aromatic carboxylic acids is 1. The molecule has 0 spiro atoms. The maximum atomic E-state index is 12.6. The van der Waals surface area contributed by atoms with Crippen LogP contribution in [0.4, 0.5) is 0 Å². The van der Waals surface area contributed by atoms with Crippen molar-refractivity contribution >= 4 is 28.6 Å². The summed E-state index contributed by atoms with van der Waals surface area (Å²) < 4.78 is 19.1. The van der Waals surface area contributed by atoms with Gasteiger partial charge in [-0.3, -0.25) is 0 Å². The molecule has 0 saturated carbocycles. The van der Waals surface area contributed by atoms with Gasteiger partial charge >= 0.3 is 5.97 Å². The Bertz CT molecular complexity index is 1250. The van der Waals surface area contributed by atoms with Gasteiger partial charge in [-0.15, -0.1) is 11.8 Å². The zero-order valence-corrected chi connectivity index (χ0v) is 22.3. The van der Waals surface area contributed by atoms with Crippen molar-refractivity contribution in [2.75, 3.05) is 26.9 Å². The van der Waals surface area contributed by atoms with Gasteiger partial charge in [0.25, 0.3) is 0 Å². The number of rotatable bonds is 9. The van der Waals surface area contributed by atoms with Crippen LogP contribution in [0, 0.1) is 0 Å². The molecule has 7 heteroatoms. The Hall–Kier alpha value is -2.74. The number of methoxy groups -OCH3 is 1. The summed E-state index contributed by atoms with van der Waals surface area (Å²) in [4.78, 5) is 13.4. The average molecular weight is 510 g/mol. The van der Waals surface area contributed by atoms with Gasteiger partial charge in [-0.2, -0.15) is 0 Å². The number of carbonyl (C=O) groups is 1. The second-order valence-corrected chi connectivity index (χ2v) is 11.9. The number of carboxylic acids is 1. The molecule has 1 N–H and O–H groups in total. The molecule has 1 aliphatic rings. The molecular weight excluding hydrogens is 474 g/mol. The van der Waals surface area contributed by atoms with Crippen molar-refractivity contribution in [3.05, 3.63) is 71.9 Å². The van der Waals surface area contributed by atoms with Crippen LogP contribution in [0.3, 0.4) is 0 Å². The van der Waals surface area contributed by atoms with Gasteiger partial charge in [-0.25, -0.2) is 4.79 Å². The average Bonchev–Trinajstić information content (AvgIpc) is 3.14. The highest BCUT2D eigenvalue weighted by Gasteiger charge is 2.34. The van der Waals surface area contributed by atoms with E-state index < -0.39 is 5.97 Å². The van der Waals surface area contributed by atoms with Gasteiger partial charge in [0.05, 0.1) is 11.1 Å². The van der Waals surface area contributed by atoms with Crippen LogP contribution in [-0.4, -0.2) is 47.3 Å². The van der Waals surface area contributed by atoms with Gasteiger partial charge in [0.1, 0.15) is 18.1 Å². The summed E-state index contributed by atoms with van der Waals surface area (Å²) in [7, 11) is 1.75. The fourth-order valence-corrected chi connectivity index (χ4v) is 5.96. The van der Waals surface area contributed by atoms with Crippen molar-refractivity contribution in [3.63, 3.8) is 0 Å². The van der Waals surface area contributed by atoms with E-state index in [1.165, 1.54) is 0 Å². The first-order valence-electron chi connectivity index (χ1n) is 12.2. The van der Waals surface area contributed by atoms with Crippen molar-refractivity contribution in [2.45, 2.75) is 55.4 Å². The zero-order valence-electron chi connectivity index (χ0n) is 21.5. The maximum Gasteiger partial charge on any atom is 0.353 e. The van der Waals surface area contributed by atoms with E-state index in [0.29, 0.717) is 37.8 Å². The third-order valence-corrected chi connectivity index (χ3v) is 7.68. The van der Waals surface area contributed by atoms with Gasteiger partial charge < -0.3 is 23.9 Å². The zero-order chi connectivity index (χ0) is 25.9. The molecule has 6 nitrogen and oxygen atoms in total. The lowest BCUT2D eigenvalue weighted by Crippen LogP contribution is -2.35. The summed E-state index contributed by atoms with van der Waals surface area (Å²) in [5.41, 5.74) is 2.90. The van der Waals surface area contributed by atoms with E-state index in [0.717, 1.165) is 39.8 Å². The van der Waals surface area contributed by atoms with Gasteiger partial charge in [0, 0.05) is 54.7 Å². The second kappa shape index (κ2) is 10.7. The lowest BCUT2D eigenvalue weighted by Gasteiger charge is -2.36. The first-order chi connectivity index (χ1) is 17.2. The molecule has 192 valence electrons. The number of ether oxygens (including phenoxy) is 3. The molecule has 0 unspecified atom stereocenters. The van der Waals surface area contributed by atoms with Crippen LogP contribution < -0.4 is 4.74 Å². The maximum absolute atomic E-state index is 12.6. The molecule has 3 aromatic rings. The minimum Gasteiger partial charge on any atom is -0.490 e. The normalized spacial score (nSPS) is 15.7. The highest BCUT2D eigenvalue weighted by molar-refractivity contribution is 8.00. The quantitative estimate of drug-likeness (QED) is 0.262. The summed E-state index contributed by atoms with van der Waals surface area (Å²) >= 11 is 1.57. The minimum absolute atomic E-state index is 0.172. The highest BCUT2D eigenvalue weighted by Crippen LogP contribution is 2.43. The van der Waals surface area contributed by atoms with E-state index in [4.69, 9.17) is 14.2 Å². The van der Waals surface area contributed by atoms with Crippen molar-refractivity contribution in [2.24, 2.45) is 0 Å². The first kappa shape index (κ1) is 26.3. The molecule has 4 rings (SSSR count). The second-order valence-electron chi connectivity index (χ2n) is 10.1. The van der Waals surface area contributed by atoms with Gasteiger partial charge in [-0.1, -0.05) is 57.7 Å². The molecule has 0 bridgehead atoms. The molecule has 0 radical (unpaired) electrons. The van der Waals surface area contributed by atoms with Crippen LogP contribution in [0.15, 0.2) is 60.0 Å². The van der Waals surface area contributed by atoms with Crippen LogP contribution in [0.25, 0.3) is 10.9 Å². The van der Waals surface area contributed by atoms with Crippen LogP contribution in [0.5, 0.6) is 5.75 Å². The summed E-state index contributed by atoms with van der Waals surface area (Å²) in [6.07, 6.45) is 3.28. The lowest BCUT2D eigenvalue weighted by molar-refractivity contribution is -0.0948. The Labute approximate surface area is 217 Å². The van der Waals surface area contributed by atoms with Crippen LogP contribution >= 0.6 is 11.8 Å². The van der Waals surface area contributed by atoms with Crippen molar-refractivity contribution in [1.82, 2.24) is 4.57 Å². The number of benzene rings is 2. The Balaban J connectivity index is 1.83. The molecule has 1 aromatic heterocycles. The summed E-state index contributed by atoms with van der Waals surface area (Å²) in [5.74, 6) is -0.253. The number of nitrogens with zero attached hydrogens (tertiary/aromatic N) is 1. The Morgan fingerprint density at radius 1 is 1.22 bits per heavy atom. The number of carboxylic acid groups (broad SMARTS) is 1. The van der Waals surface area contributed by atoms with Crippen molar-refractivity contribution in [3.8, 4) is 5.75 Å². The van der Waals surface area contributed by atoms with Gasteiger partial charge in [0.15, 0.2) is 0 Å². The van der Waals surface area contributed by atoms with Gasteiger partial charge in [0.2, 0.25) is 0 Å². The van der Waals surface area contributed by atoms with E-state index in [-0.39, 0.29) is 10.3 Å². The monoisotopic (exact) mass is 509 g/mol. The number of thioether (sulfide) groups is 1. The molecule has 1 aliphatic heterocycles. The molecule has 2 heterocycles. The fraction of sp³-hybridized carbons (Fsp3) is 0.414. The van der Waals surface area contributed by atoms with E-state index in [9.17, 15) is 9.90 Å². The molecule has 2 aromatic carbocycles. The SMILES string of the molecule is C=CCOc1ccc2c(c1)c(SC(C)(C)C)c(C(=O)O)n2Cc1cccc(C2(OC)CCOCC2)c1. The summed E-state index contributed by atoms with van der Waals surface area (Å²) in [6.45, 7) is 12.1. The Kier molecular flexibility index (Phi) is 7.83. The van der Waals surface area contributed by atoms with E-state index in [1.54, 1.807) is 24.9 Å². The van der Waals surface area contributed by atoms with Crippen molar-refractivity contribution < 1.29 is 24.1 Å². The lowest BCUT2D eigenvalue weighted by atomic mass is 9.85. The largest absolute Gasteiger partial charge is 0.490 e. The van der Waals surface area contributed by atoms with Crippen LogP contribution in [0.2, 0.25) is 0 Å². The van der Waals surface area contributed by atoms with E-state index in [1.807, 2.05) is 34.9 Å². The van der Waals surface area contributed by atoms with E-state index >= 15 is 0 Å². The fourth-order valence-electron chi connectivity index (χ4n) is 4.78. The Morgan fingerprint density at radius 3 is 2.61 bits per heavy atom. The summed E-state index contributed by atoms with van der Waals surface area (Å²) in [6, 6.07) is 14.1. The molecule has 1 fully saturated rings. The topological polar surface area (TPSA) is 69.9 Å². The van der Waals surface area contributed by atoms with Crippen LogP contribution in [0.1, 0.15) is 55.2 Å². The predicted molar refractivity (Wildman–Crippen MR) is 144 cm³/mol. The number of fused-ring (bicyclic) bond motifs is 1. The standard InChI is InChI=1S/C29H35NO5S/c1-6-14-35-22-10-11-24-23(18-22)26(36-28(2,3)4)25(27(31)32)30(24)19-20-8-7-9-21(17-20)29(33-5)12-15-34-16-13-29/h6-11,17-18H,1,12-16,19H2,2-5H3,(H,31,32). The number of aromatic nitrogens is 1. The molecule has 0 amide bonds.